The zero-order valence-corrected chi connectivity index (χ0v) is 18.0. The van der Waals surface area contributed by atoms with Crippen molar-refractivity contribution in [2.45, 2.75) is 38.6 Å². The monoisotopic (exact) mass is 421 g/mol. The molecule has 0 aliphatic carbocycles. The van der Waals surface area contributed by atoms with E-state index in [-0.39, 0.29) is 11.8 Å². The van der Waals surface area contributed by atoms with Gasteiger partial charge in [0.15, 0.2) is 0 Å². The Morgan fingerprint density at radius 3 is 2.37 bits per heavy atom. The molecule has 0 spiro atoms. The van der Waals surface area contributed by atoms with Crippen LogP contribution in [-0.4, -0.2) is 29.4 Å². The van der Waals surface area contributed by atoms with Gasteiger partial charge in [-0.25, -0.2) is 4.98 Å². The lowest BCUT2D eigenvalue weighted by Gasteiger charge is -2.19. The molecule has 2 N–H and O–H groups in total. The number of nitrogens with zero attached hydrogens (tertiary/aromatic N) is 1. The van der Waals surface area contributed by atoms with Crippen molar-refractivity contribution in [2.75, 3.05) is 6.54 Å². The van der Waals surface area contributed by atoms with Crippen molar-refractivity contribution >= 4 is 23.2 Å². The maximum atomic E-state index is 12.8. The minimum atomic E-state index is -0.623. The first-order valence-electron chi connectivity index (χ1n) is 10.2. The number of rotatable bonds is 10. The lowest BCUT2D eigenvalue weighted by atomic mass is 10.0. The van der Waals surface area contributed by atoms with Gasteiger partial charge in [0.05, 0.1) is 5.01 Å². The predicted molar refractivity (Wildman–Crippen MR) is 121 cm³/mol. The molecule has 2 amide bonds. The lowest BCUT2D eigenvalue weighted by molar-refractivity contribution is -0.122. The molecule has 0 saturated heterocycles. The molecule has 0 aliphatic rings. The van der Waals surface area contributed by atoms with Gasteiger partial charge in [-0.15, -0.1) is 11.3 Å². The van der Waals surface area contributed by atoms with E-state index in [9.17, 15) is 9.59 Å². The number of thiazole rings is 1. The Morgan fingerprint density at radius 1 is 1.00 bits per heavy atom. The molecule has 1 aromatic heterocycles. The number of carbonyl (C=O) groups excluding carboxylic acids is 2. The highest BCUT2D eigenvalue weighted by Gasteiger charge is 2.21. The van der Waals surface area contributed by atoms with Crippen LogP contribution in [0.4, 0.5) is 0 Å². The Bertz CT molecular complexity index is 941. The quantitative estimate of drug-likeness (QED) is 0.487. The summed E-state index contributed by atoms with van der Waals surface area (Å²) < 4.78 is 0. The maximum Gasteiger partial charge on any atom is 0.251 e. The summed E-state index contributed by atoms with van der Waals surface area (Å²) in [4.78, 5) is 29.9. The summed E-state index contributed by atoms with van der Waals surface area (Å²) in [7, 11) is 0. The topological polar surface area (TPSA) is 71.1 Å². The van der Waals surface area contributed by atoms with Crippen LogP contribution in [0.25, 0.3) is 0 Å². The van der Waals surface area contributed by atoms with Gasteiger partial charge in [0.1, 0.15) is 6.04 Å². The summed E-state index contributed by atoms with van der Waals surface area (Å²) in [6.07, 6.45) is 3.21. The van der Waals surface area contributed by atoms with Crippen molar-refractivity contribution in [1.82, 2.24) is 15.6 Å². The number of aryl methyl sites for hydroxylation is 2. The molecule has 0 radical (unpaired) electrons. The van der Waals surface area contributed by atoms with Gasteiger partial charge in [-0.2, -0.15) is 0 Å². The smallest absolute Gasteiger partial charge is 0.251 e. The van der Waals surface area contributed by atoms with Crippen LogP contribution in [-0.2, 0) is 17.6 Å². The molecule has 0 bridgehead atoms. The molecule has 2 aromatic carbocycles. The molecule has 5 nitrogen and oxygen atoms in total. The second-order valence-electron chi connectivity index (χ2n) is 7.21. The number of nitrogens with one attached hydrogen (secondary N) is 2. The van der Waals surface area contributed by atoms with Gasteiger partial charge in [-0.05, 0) is 43.9 Å². The Morgan fingerprint density at radius 2 is 1.70 bits per heavy atom. The van der Waals surface area contributed by atoms with Crippen molar-refractivity contribution in [1.29, 1.82) is 0 Å². The molecular weight excluding hydrogens is 394 g/mol. The van der Waals surface area contributed by atoms with E-state index in [0.29, 0.717) is 18.5 Å². The average Bonchev–Trinajstić information content (AvgIpc) is 3.19. The van der Waals surface area contributed by atoms with Crippen molar-refractivity contribution in [2.24, 2.45) is 0 Å². The Labute approximate surface area is 181 Å². The minimum absolute atomic E-state index is 0.159. The third-order valence-corrected chi connectivity index (χ3v) is 5.75. The van der Waals surface area contributed by atoms with Gasteiger partial charge in [-0.1, -0.05) is 48.5 Å². The first-order chi connectivity index (χ1) is 14.6. The standard InChI is InChI=1S/C24H27N3O2S/c1-18-17-30-22(26-18)14-8-9-15-25-24(29)21(16-19-10-4-2-5-11-19)27-23(28)20-12-6-3-7-13-20/h2-7,10-13,17,21H,8-9,14-16H2,1H3,(H,25,29)(H,27,28). The normalized spacial score (nSPS) is 11.6. The van der Waals surface area contributed by atoms with Crippen molar-refractivity contribution < 1.29 is 9.59 Å². The molecule has 1 unspecified atom stereocenters. The summed E-state index contributed by atoms with van der Waals surface area (Å²) in [5, 5.41) is 9.06. The summed E-state index contributed by atoms with van der Waals surface area (Å²) in [5.41, 5.74) is 2.61. The van der Waals surface area contributed by atoms with Crippen molar-refractivity contribution in [3.05, 3.63) is 87.9 Å². The fraction of sp³-hybridized carbons (Fsp3) is 0.292. The summed E-state index contributed by atoms with van der Waals surface area (Å²) in [5.74, 6) is -0.404. The van der Waals surface area contributed by atoms with Crippen LogP contribution in [0.1, 0.15) is 39.5 Å². The number of unbranched alkanes of at least 4 members (excludes halogenated alkanes) is 1. The highest BCUT2D eigenvalue weighted by molar-refractivity contribution is 7.09. The number of hydrogen-bond acceptors (Lipinski definition) is 4. The minimum Gasteiger partial charge on any atom is -0.354 e. The Kier molecular flexibility index (Phi) is 8.15. The van der Waals surface area contributed by atoms with Gasteiger partial charge in [0, 0.05) is 29.6 Å². The molecule has 0 aliphatic heterocycles. The highest BCUT2D eigenvalue weighted by Crippen LogP contribution is 2.11. The van der Waals surface area contributed by atoms with E-state index in [1.54, 1.807) is 23.5 Å². The molecule has 0 fully saturated rings. The number of hydrogen-bond donors (Lipinski definition) is 2. The largest absolute Gasteiger partial charge is 0.354 e. The van der Waals surface area contributed by atoms with Crippen LogP contribution in [0.5, 0.6) is 0 Å². The third kappa shape index (κ3) is 6.81. The number of benzene rings is 2. The second kappa shape index (κ2) is 11.3. The summed E-state index contributed by atoms with van der Waals surface area (Å²) in [6, 6.07) is 18.1. The first kappa shape index (κ1) is 21.7. The summed E-state index contributed by atoms with van der Waals surface area (Å²) in [6.45, 7) is 2.58. The van der Waals surface area contributed by atoms with Crippen LogP contribution < -0.4 is 10.6 Å². The predicted octanol–water partition coefficient (Wildman–Crippen LogP) is 3.93. The Balaban J connectivity index is 1.53. The zero-order valence-electron chi connectivity index (χ0n) is 17.1. The van der Waals surface area contributed by atoms with Gasteiger partial charge >= 0.3 is 0 Å². The van der Waals surface area contributed by atoms with Crippen molar-refractivity contribution in [3.8, 4) is 0 Å². The average molecular weight is 422 g/mol. The second-order valence-corrected chi connectivity index (χ2v) is 8.16. The van der Waals surface area contributed by atoms with E-state index in [4.69, 9.17) is 0 Å². The van der Waals surface area contributed by atoms with Crippen LogP contribution >= 0.6 is 11.3 Å². The molecule has 3 rings (SSSR count). The molecule has 3 aromatic rings. The first-order valence-corrected chi connectivity index (χ1v) is 11.1. The number of amides is 2. The fourth-order valence-corrected chi connectivity index (χ4v) is 3.96. The molecule has 0 saturated carbocycles. The van der Waals surface area contributed by atoms with E-state index in [1.807, 2.05) is 55.5 Å². The Hall–Kier alpha value is -2.99. The zero-order chi connectivity index (χ0) is 21.2. The van der Waals surface area contributed by atoms with Crippen LogP contribution in [0.3, 0.4) is 0 Å². The maximum absolute atomic E-state index is 12.8. The van der Waals surface area contributed by atoms with E-state index < -0.39 is 6.04 Å². The van der Waals surface area contributed by atoms with Gasteiger partial charge in [0.25, 0.3) is 5.91 Å². The molecule has 1 heterocycles. The van der Waals surface area contributed by atoms with Crippen molar-refractivity contribution in [3.63, 3.8) is 0 Å². The van der Waals surface area contributed by atoms with Gasteiger partial charge < -0.3 is 10.6 Å². The molecule has 1 atom stereocenters. The van der Waals surface area contributed by atoms with Crippen LogP contribution in [0, 0.1) is 6.92 Å². The fourth-order valence-electron chi connectivity index (χ4n) is 3.14. The van der Waals surface area contributed by atoms with E-state index in [1.165, 1.54) is 0 Å². The lowest BCUT2D eigenvalue weighted by Crippen LogP contribution is -2.48. The SMILES string of the molecule is Cc1csc(CCCCNC(=O)C(Cc2ccccc2)NC(=O)c2ccccc2)n1. The van der Waals surface area contributed by atoms with E-state index in [2.05, 4.69) is 21.0 Å². The van der Waals surface area contributed by atoms with Gasteiger partial charge in [-0.3, -0.25) is 9.59 Å². The third-order valence-electron chi connectivity index (χ3n) is 4.72. The molecule has 30 heavy (non-hydrogen) atoms. The molecule has 6 heteroatoms. The number of carbonyl (C=O) groups is 2. The highest BCUT2D eigenvalue weighted by atomic mass is 32.1. The summed E-state index contributed by atoms with van der Waals surface area (Å²) >= 11 is 1.68. The number of aromatic nitrogens is 1. The molecular formula is C24H27N3O2S. The van der Waals surface area contributed by atoms with E-state index >= 15 is 0 Å². The molecule has 156 valence electrons. The van der Waals surface area contributed by atoms with Crippen LogP contribution in [0.15, 0.2) is 66.0 Å². The van der Waals surface area contributed by atoms with Gasteiger partial charge in [0.2, 0.25) is 5.91 Å². The van der Waals surface area contributed by atoms with E-state index in [0.717, 1.165) is 35.5 Å². The van der Waals surface area contributed by atoms with Crippen LogP contribution in [0.2, 0.25) is 0 Å².